The molecule has 0 fully saturated rings. The van der Waals surface area contributed by atoms with Crippen LogP contribution in [0.5, 0.6) is 0 Å². The van der Waals surface area contributed by atoms with E-state index in [1.54, 1.807) is 36.4 Å². The molecule has 0 unspecified atom stereocenters. The molecule has 0 radical (unpaired) electrons. The summed E-state index contributed by atoms with van der Waals surface area (Å²) in [6.07, 6.45) is -4.66. The van der Waals surface area contributed by atoms with Gasteiger partial charge in [0.1, 0.15) is 6.79 Å². The summed E-state index contributed by atoms with van der Waals surface area (Å²) in [6.45, 7) is -0.477. The molecule has 0 N–H and O–H groups in total. The molecular weight excluding hydrogens is 535 g/mol. The fourth-order valence-electron chi connectivity index (χ4n) is 2.33. The number of rotatable bonds is 5. The number of hydrogen-bond acceptors (Lipinski definition) is 2. The predicted octanol–water partition coefficient (Wildman–Crippen LogP) is 5.32. The summed E-state index contributed by atoms with van der Waals surface area (Å²) in [7, 11) is 1.30. The summed E-state index contributed by atoms with van der Waals surface area (Å²) in [5, 5.41) is 0. The van der Waals surface area contributed by atoms with E-state index in [0.29, 0.717) is 7.14 Å². The summed E-state index contributed by atoms with van der Waals surface area (Å²) in [6, 6.07) is 12.7. The summed E-state index contributed by atoms with van der Waals surface area (Å²) >= 11 is 3.79. The van der Waals surface area contributed by atoms with E-state index >= 15 is 0 Å². The van der Waals surface area contributed by atoms with Crippen molar-refractivity contribution in [1.82, 2.24) is 0 Å². The molecule has 7 heteroatoms. The number of methoxy groups -OCH3 is 1. The number of ether oxygens (including phenoxy) is 2. The normalized spacial score (nSPS) is 12.4. The Labute approximate surface area is 159 Å². The van der Waals surface area contributed by atoms with Gasteiger partial charge in [0.15, 0.2) is 0 Å². The first-order valence-electron chi connectivity index (χ1n) is 6.54. The third-order valence-electron chi connectivity index (χ3n) is 3.30. The van der Waals surface area contributed by atoms with Crippen LogP contribution < -0.4 is 0 Å². The van der Waals surface area contributed by atoms with Gasteiger partial charge in [0.05, 0.1) is 0 Å². The van der Waals surface area contributed by atoms with Crippen LogP contribution in [-0.4, -0.2) is 20.1 Å². The first-order valence-corrected chi connectivity index (χ1v) is 8.70. The molecule has 0 atom stereocenters. The van der Waals surface area contributed by atoms with Crippen LogP contribution >= 0.6 is 45.2 Å². The summed E-state index contributed by atoms with van der Waals surface area (Å²) in [5.74, 6) is 0. The van der Waals surface area contributed by atoms with E-state index in [0.717, 1.165) is 0 Å². The molecule has 0 spiro atoms. The Kier molecular flexibility index (Phi) is 6.31. The molecule has 2 aromatic rings. The zero-order chi connectivity index (χ0) is 17.1. The topological polar surface area (TPSA) is 18.5 Å². The van der Waals surface area contributed by atoms with Crippen molar-refractivity contribution in [1.29, 1.82) is 0 Å². The molecule has 0 amide bonds. The highest BCUT2D eigenvalue weighted by molar-refractivity contribution is 14.1. The predicted molar refractivity (Wildman–Crippen MR) is 98.1 cm³/mol. The van der Waals surface area contributed by atoms with Crippen LogP contribution in [-0.2, 0) is 15.1 Å². The number of halogens is 5. The maximum Gasteiger partial charge on any atom is 0.426 e. The first kappa shape index (κ1) is 18.9. The highest BCUT2D eigenvalue weighted by Gasteiger charge is 2.60. The van der Waals surface area contributed by atoms with Gasteiger partial charge in [-0.2, -0.15) is 13.2 Å². The molecule has 0 heterocycles. The Balaban J connectivity index is 2.81. The Morgan fingerprint density at radius 3 is 1.65 bits per heavy atom. The van der Waals surface area contributed by atoms with Gasteiger partial charge >= 0.3 is 6.18 Å². The smallest absolute Gasteiger partial charge is 0.359 e. The zero-order valence-electron chi connectivity index (χ0n) is 12.0. The monoisotopic (exact) mass is 548 g/mol. The Hall–Kier alpha value is -0.390. The lowest BCUT2D eigenvalue weighted by Crippen LogP contribution is -2.47. The minimum absolute atomic E-state index is 0.0502. The lowest BCUT2D eigenvalue weighted by Gasteiger charge is -2.37. The molecule has 2 rings (SSSR count). The fraction of sp³-hybridized carbons (Fsp3) is 0.250. The van der Waals surface area contributed by atoms with Gasteiger partial charge in [-0.1, -0.05) is 36.4 Å². The van der Waals surface area contributed by atoms with Gasteiger partial charge in [-0.15, -0.1) is 0 Å². The average molecular weight is 548 g/mol. The molecular formula is C16H13F3I2O2. The SMILES string of the molecule is COCOC(c1ccccc1I)(c1ccccc1I)C(F)(F)F. The third kappa shape index (κ3) is 3.67. The van der Waals surface area contributed by atoms with Gasteiger partial charge in [0.2, 0.25) is 5.60 Å². The molecule has 0 aliphatic heterocycles. The van der Waals surface area contributed by atoms with Crippen molar-refractivity contribution in [3.63, 3.8) is 0 Å². The molecule has 124 valence electrons. The van der Waals surface area contributed by atoms with E-state index in [2.05, 4.69) is 0 Å². The second-order valence-corrected chi connectivity index (χ2v) is 7.01. The van der Waals surface area contributed by atoms with Gasteiger partial charge in [0.25, 0.3) is 0 Å². The fourth-order valence-corrected chi connectivity index (χ4v) is 3.86. The van der Waals surface area contributed by atoms with Crippen LogP contribution in [0.1, 0.15) is 11.1 Å². The quantitative estimate of drug-likeness (QED) is 0.372. The molecule has 0 aromatic heterocycles. The van der Waals surface area contributed by atoms with Crippen molar-refractivity contribution in [2.45, 2.75) is 11.8 Å². The molecule has 0 aliphatic carbocycles. The van der Waals surface area contributed by atoms with Gasteiger partial charge in [-0.25, -0.2) is 0 Å². The molecule has 0 bridgehead atoms. The van der Waals surface area contributed by atoms with Crippen molar-refractivity contribution in [3.8, 4) is 0 Å². The van der Waals surface area contributed by atoms with E-state index in [9.17, 15) is 13.2 Å². The van der Waals surface area contributed by atoms with Gasteiger partial charge in [0, 0.05) is 25.4 Å². The van der Waals surface area contributed by atoms with Crippen molar-refractivity contribution >= 4 is 45.2 Å². The zero-order valence-corrected chi connectivity index (χ0v) is 16.3. The Morgan fingerprint density at radius 2 is 1.30 bits per heavy atom. The molecule has 2 nitrogen and oxygen atoms in total. The highest BCUT2D eigenvalue weighted by atomic mass is 127. The minimum atomic E-state index is -4.66. The third-order valence-corrected chi connectivity index (χ3v) is 5.18. The summed E-state index contributed by atoms with van der Waals surface area (Å²) < 4.78 is 53.8. The van der Waals surface area contributed by atoms with E-state index < -0.39 is 18.6 Å². The largest absolute Gasteiger partial charge is 0.426 e. The van der Waals surface area contributed by atoms with Crippen LogP contribution in [0.25, 0.3) is 0 Å². The number of hydrogen-bond donors (Lipinski definition) is 0. The van der Waals surface area contributed by atoms with Crippen LogP contribution in [0.4, 0.5) is 13.2 Å². The first-order chi connectivity index (χ1) is 10.8. The number of benzene rings is 2. The molecule has 0 saturated heterocycles. The van der Waals surface area contributed by atoms with Crippen LogP contribution in [0, 0.1) is 7.14 Å². The van der Waals surface area contributed by atoms with Crippen LogP contribution in [0.15, 0.2) is 48.5 Å². The van der Waals surface area contributed by atoms with E-state index in [4.69, 9.17) is 9.47 Å². The maximum atomic E-state index is 14.2. The lowest BCUT2D eigenvalue weighted by molar-refractivity contribution is -0.286. The van der Waals surface area contributed by atoms with Gasteiger partial charge in [-0.05, 0) is 57.3 Å². The van der Waals surface area contributed by atoms with E-state index in [1.165, 1.54) is 19.2 Å². The van der Waals surface area contributed by atoms with Crippen molar-refractivity contribution < 1.29 is 22.6 Å². The molecule has 2 aromatic carbocycles. The molecule has 0 aliphatic rings. The van der Waals surface area contributed by atoms with Crippen molar-refractivity contribution in [2.75, 3.05) is 13.9 Å². The molecule has 0 saturated carbocycles. The maximum absolute atomic E-state index is 14.2. The van der Waals surface area contributed by atoms with E-state index in [-0.39, 0.29) is 11.1 Å². The van der Waals surface area contributed by atoms with Crippen LogP contribution in [0.2, 0.25) is 0 Å². The van der Waals surface area contributed by atoms with Crippen molar-refractivity contribution in [2.24, 2.45) is 0 Å². The van der Waals surface area contributed by atoms with Gasteiger partial charge < -0.3 is 9.47 Å². The second-order valence-electron chi connectivity index (χ2n) is 4.69. The van der Waals surface area contributed by atoms with Crippen LogP contribution in [0.3, 0.4) is 0 Å². The highest BCUT2D eigenvalue weighted by Crippen LogP contribution is 2.49. The van der Waals surface area contributed by atoms with E-state index in [1.807, 2.05) is 45.2 Å². The Morgan fingerprint density at radius 1 is 0.870 bits per heavy atom. The lowest BCUT2D eigenvalue weighted by atomic mass is 9.85. The average Bonchev–Trinajstić information content (AvgIpc) is 2.49. The van der Waals surface area contributed by atoms with Gasteiger partial charge in [-0.3, -0.25) is 0 Å². The standard InChI is InChI=1S/C16H13F3I2O2/c1-22-10-23-15(16(17,18)19,11-6-2-4-8-13(11)20)12-7-3-5-9-14(12)21/h2-9H,10H2,1H3. The summed E-state index contributed by atoms with van der Waals surface area (Å²) in [5.41, 5.74) is -2.48. The molecule has 23 heavy (non-hydrogen) atoms. The summed E-state index contributed by atoms with van der Waals surface area (Å²) in [4.78, 5) is 0. The second kappa shape index (κ2) is 7.66. The number of alkyl halides is 3. The minimum Gasteiger partial charge on any atom is -0.359 e. The van der Waals surface area contributed by atoms with Crippen molar-refractivity contribution in [3.05, 3.63) is 66.8 Å². The Bertz CT molecular complexity index is 629.